The van der Waals surface area contributed by atoms with Crippen molar-refractivity contribution in [2.75, 3.05) is 5.32 Å². The van der Waals surface area contributed by atoms with E-state index in [-0.39, 0.29) is 12.1 Å². The molecular formula is C20H16N4O3. The number of nitrogens with zero attached hydrogens (tertiary/aromatic N) is 3. The van der Waals surface area contributed by atoms with Crippen LogP contribution in [0.4, 0.5) is 5.82 Å². The molecule has 27 heavy (non-hydrogen) atoms. The maximum absolute atomic E-state index is 12.2. The zero-order valence-electron chi connectivity index (χ0n) is 14.5. The number of carbonyl (C=O) groups excluding carboxylic acids is 1. The standard InChI is InChI=1S/C20H16N4O3/c1-13-11-18(23-27-13)21-19(25)12-24-20(26)10-9-17(22-24)16-8-4-6-14-5-2-3-7-15(14)16/h2-11H,12H2,1H3,(H,21,23,25). The van der Waals surface area contributed by atoms with Crippen molar-refractivity contribution >= 4 is 22.5 Å². The Bertz CT molecular complexity index is 1190. The van der Waals surface area contributed by atoms with Gasteiger partial charge in [0.05, 0.1) is 5.69 Å². The van der Waals surface area contributed by atoms with Gasteiger partial charge in [0.2, 0.25) is 5.91 Å². The van der Waals surface area contributed by atoms with Crippen molar-refractivity contribution < 1.29 is 9.32 Å². The number of hydrogen-bond donors (Lipinski definition) is 1. The minimum atomic E-state index is -0.409. The summed E-state index contributed by atoms with van der Waals surface area (Å²) >= 11 is 0. The molecule has 0 radical (unpaired) electrons. The number of hydrogen-bond acceptors (Lipinski definition) is 5. The van der Waals surface area contributed by atoms with Crippen molar-refractivity contribution in [1.82, 2.24) is 14.9 Å². The van der Waals surface area contributed by atoms with E-state index in [1.807, 2.05) is 42.5 Å². The van der Waals surface area contributed by atoms with Crippen molar-refractivity contribution in [3.05, 3.63) is 76.8 Å². The maximum Gasteiger partial charge on any atom is 0.267 e. The van der Waals surface area contributed by atoms with Gasteiger partial charge in [0.1, 0.15) is 12.3 Å². The summed E-state index contributed by atoms with van der Waals surface area (Å²) < 4.78 is 6.05. The number of fused-ring (bicyclic) bond motifs is 1. The van der Waals surface area contributed by atoms with E-state index in [0.717, 1.165) is 21.0 Å². The van der Waals surface area contributed by atoms with Gasteiger partial charge in [-0.2, -0.15) is 5.10 Å². The Morgan fingerprint density at radius 2 is 1.93 bits per heavy atom. The van der Waals surface area contributed by atoms with Crippen molar-refractivity contribution in [2.45, 2.75) is 13.5 Å². The molecule has 7 heteroatoms. The average molecular weight is 360 g/mol. The van der Waals surface area contributed by atoms with Gasteiger partial charge in [0, 0.05) is 17.7 Å². The molecule has 0 bridgehead atoms. The molecule has 0 aliphatic carbocycles. The van der Waals surface area contributed by atoms with Crippen LogP contribution in [0.2, 0.25) is 0 Å². The summed E-state index contributed by atoms with van der Waals surface area (Å²) in [5.74, 6) is 0.474. The topological polar surface area (TPSA) is 90.0 Å². The quantitative estimate of drug-likeness (QED) is 0.604. The Balaban J connectivity index is 1.65. The van der Waals surface area contributed by atoms with Crippen molar-refractivity contribution in [1.29, 1.82) is 0 Å². The van der Waals surface area contributed by atoms with Gasteiger partial charge >= 0.3 is 0 Å². The highest BCUT2D eigenvalue weighted by Gasteiger charge is 2.11. The SMILES string of the molecule is Cc1cc(NC(=O)Cn2nc(-c3cccc4ccccc34)ccc2=O)no1. The van der Waals surface area contributed by atoms with E-state index >= 15 is 0 Å². The molecule has 0 aliphatic rings. The smallest absolute Gasteiger partial charge is 0.267 e. The van der Waals surface area contributed by atoms with Gasteiger partial charge in [-0.05, 0) is 23.8 Å². The van der Waals surface area contributed by atoms with Crippen molar-refractivity contribution in [3.63, 3.8) is 0 Å². The second-order valence-electron chi connectivity index (χ2n) is 6.11. The molecule has 1 amide bonds. The second kappa shape index (κ2) is 6.87. The minimum absolute atomic E-state index is 0.219. The van der Waals surface area contributed by atoms with Gasteiger partial charge in [-0.25, -0.2) is 4.68 Å². The van der Waals surface area contributed by atoms with Crippen LogP contribution < -0.4 is 10.9 Å². The molecule has 4 aromatic rings. The molecule has 2 aromatic heterocycles. The minimum Gasteiger partial charge on any atom is -0.360 e. The summed E-state index contributed by atoms with van der Waals surface area (Å²) in [7, 11) is 0. The summed E-state index contributed by atoms with van der Waals surface area (Å²) in [5.41, 5.74) is 1.16. The molecule has 0 atom stereocenters. The second-order valence-corrected chi connectivity index (χ2v) is 6.11. The predicted octanol–water partition coefficient (Wildman–Crippen LogP) is 3.00. The number of anilines is 1. The number of nitrogens with one attached hydrogen (secondary N) is 1. The van der Waals surface area contributed by atoms with Crippen LogP contribution in [0.5, 0.6) is 0 Å². The Morgan fingerprint density at radius 3 is 2.74 bits per heavy atom. The largest absolute Gasteiger partial charge is 0.360 e. The van der Waals surface area contributed by atoms with Gasteiger partial charge in [-0.15, -0.1) is 0 Å². The van der Waals surface area contributed by atoms with Crippen LogP contribution in [0.1, 0.15) is 5.76 Å². The zero-order chi connectivity index (χ0) is 18.8. The van der Waals surface area contributed by atoms with E-state index in [9.17, 15) is 9.59 Å². The lowest BCUT2D eigenvalue weighted by Gasteiger charge is -2.09. The van der Waals surface area contributed by atoms with Crippen LogP contribution in [-0.2, 0) is 11.3 Å². The molecular weight excluding hydrogens is 344 g/mol. The first-order chi connectivity index (χ1) is 13.1. The van der Waals surface area contributed by atoms with E-state index in [1.165, 1.54) is 6.07 Å². The van der Waals surface area contributed by atoms with E-state index in [0.29, 0.717) is 17.3 Å². The summed E-state index contributed by atoms with van der Waals surface area (Å²) in [4.78, 5) is 24.4. The average Bonchev–Trinajstić information content (AvgIpc) is 3.07. The monoisotopic (exact) mass is 360 g/mol. The fourth-order valence-electron chi connectivity index (χ4n) is 2.90. The Morgan fingerprint density at radius 1 is 1.11 bits per heavy atom. The molecule has 134 valence electrons. The molecule has 4 rings (SSSR count). The molecule has 2 aromatic carbocycles. The molecule has 0 saturated heterocycles. The number of benzene rings is 2. The van der Waals surface area contributed by atoms with Gasteiger partial charge in [0.25, 0.3) is 5.56 Å². The summed E-state index contributed by atoms with van der Waals surface area (Å²) in [6.07, 6.45) is 0. The number of aryl methyl sites for hydroxylation is 1. The first-order valence-corrected chi connectivity index (χ1v) is 8.39. The molecule has 1 N–H and O–H groups in total. The Labute approximate surface area is 154 Å². The summed E-state index contributed by atoms with van der Waals surface area (Å²) in [6, 6.07) is 18.5. The lowest BCUT2D eigenvalue weighted by Crippen LogP contribution is -2.29. The van der Waals surface area contributed by atoms with Gasteiger partial charge in [0.15, 0.2) is 5.82 Å². The number of rotatable bonds is 4. The van der Waals surface area contributed by atoms with Gasteiger partial charge < -0.3 is 9.84 Å². The highest BCUT2D eigenvalue weighted by atomic mass is 16.5. The lowest BCUT2D eigenvalue weighted by atomic mass is 10.0. The molecule has 0 spiro atoms. The first-order valence-electron chi connectivity index (χ1n) is 8.39. The maximum atomic E-state index is 12.2. The van der Waals surface area contributed by atoms with Crippen LogP contribution in [0.15, 0.2) is 70.0 Å². The third-order valence-electron chi connectivity index (χ3n) is 4.12. The van der Waals surface area contributed by atoms with E-state index in [4.69, 9.17) is 4.52 Å². The highest BCUT2D eigenvalue weighted by Crippen LogP contribution is 2.26. The van der Waals surface area contributed by atoms with Crippen LogP contribution >= 0.6 is 0 Å². The first kappa shape index (κ1) is 16.7. The van der Waals surface area contributed by atoms with Crippen molar-refractivity contribution in [2.24, 2.45) is 0 Å². The number of carbonyl (C=O) groups is 1. The van der Waals surface area contributed by atoms with Gasteiger partial charge in [-0.3, -0.25) is 9.59 Å². The summed E-state index contributed by atoms with van der Waals surface area (Å²) in [6.45, 7) is 1.51. The lowest BCUT2D eigenvalue weighted by molar-refractivity contribution is -0.117. The third kappa shape index (κ3) is 3.48. The Hall–Kier alpha value is -3.74. The predicted molar refractivity (Wildman–Crippen MR) is 101 cm³/mol. The molecule has 7 nitrogen and oxygen atoms in total. The van der Waals surface area contributed by atoms with Crippen LogP contribution in [0, 0.1) is 6.92 Å². The molecule has 0 unspecified atom stereocenters. The summed E-state index contributed by atoms with van der Waals surface area (Å²) in [5, 5.41) is 12.8. The fraction of sp³-hybridized carbons (Fsp3) is 0.100. The van der Waals surface area contributed by atoms with Crippen LogP contribution in [0.3, 0.4) is 0 Å². The highest BCUT2D eigenvalue weighted by molar-refractivity contribution is 5.95. The number of aromatic nitrogens is 3. The van der Waals surface area contributed by atoms with Crippen molar-refractivity contribution in [3.8, 4) is 11.3 Å². The normalized spacial score (nSPS) is 10.9. The van der Waals surface area contributed by atoms with E-state index < -0.39 is 5.91 Å². The van der Waals surface area contributed by atoms with Crippen LogP contribution in [0.25, 0.3) is 22.0 Å². The van der Waals surface area contributed by atoms with Gasteiger partial charge in [-0.1, -0.05) is 47.6 Å². The van der Waals surface area contributed by atoms with Crippen LogP contribution in [-0.4, -0.2) is 20.8 Å². The Kier molecular flexibility index (Phi) is 4.25. The van der Waals surface area contributed by atoms with E-state index in [2.05, 4.69) is 15.6 Å². The third-order valence-corrected chi connectivity index (χ3v) is 4.12. The fourth-order valence-corrected chi connectivity index (χ4v) is 2.90. The molecule has 2 heterocycles. The zero-order valence-corrected chi connectivity index (χ0v) is 14.5. The number of amides is 1. The molecule has 0 fully saturated rings. The molecule has 0 aliphatic heterocycles. The molecule has 0 saturated carbocycles. The van der Waals surface area contributed by atoms with E-state index in [1.54, 1.807) is 19.1 Å².